The second-order valence-electron chi connectivity index (χ2n) is 4.97. The number of methoxy groups -OCH3 is 1. The van der Waals surface area contributed by atoms with E-state index in [0.717, 1.165) is 0 Å². The molecule has 0 bridgehead atoms. The van der Waals surface area contributed by atoms with Crippen LogP contribution in [0.15, 0.2) is 24.3 Å². The fourth-order valence-corrected chi connectivity index (χ4v) is 1.88. The van der Waals surface area contributed by atoms with Crippen LogP contribution in [-0.4, -0.2) is 37.4 Å². The largest absolute Gasteiger partial charge is 0.493 e. The van der Waals surface area contributed by atoms with Gasteiger partial charge in [0, 0.05) is 6.54 Å². The smallest absolute Gasteiger partial charge is 0.320 e. The van der Waals surface area contributed by atoms with Crippen molar-refractivity contribution in [2.45, 2.75) is 26.3 Å². The molecule has 1 unspecified atom stereocenters. The molecule has 112 valence electrons. The van der Waals surface area contributed by atoms with Gasteiger partial charge in [-0.1, -0.05) is 26.0 Å². The number of ether oxygens (including phenoxy) is 2. The lowest BCUT2D eigenvalue weighted by molar-refractivity contribution is -0.139. The maximum atomic E-state index is 11.1. The first-order valence-corrected chi connectivity index (χ1v) is 6.76. The number of hydrogen-bond acceptors (Lipinski definition) is 4. The second kappa shape index (κ2) is 8.43. The van der Waals surface area contributed by atoms with Crippen molar-refractivity contribution in [3.63, 3.8) is 0 Å². The number of nitrogens with one attached hydrogen (secondary N) is 1. The third-order valence-electron chi connectivity index (χ3n) is 2.82. The molecule has 2 N–H and O–H groups in total. The van der Waals surface area contributed by atoms with E-state index in [2.05, 4.69) is 5.32 Å². The lowest BCUT2D eigenvalue weighted by atomic mass is 10.0. The van der Waals surface area contributed by atoms with Crippen molar-refractivity contribution >= 4 is 5.97 Å². The van der Waals surface area contributed by atoms with E-state index in [1.807, 2.05) is 38.1 Å². The molecule has 0 radical (unpaired) electrons. The number of hydrogen-bond donors (Lipinski definition) is 2. The maximum Gasteiger partial charge on any atom is 0.320 e. The Hall–Kier alpha value is -1.75. The SMILES string of the molecule is COc1ccccc1OCCNC(CC(C)C)C(=O)O. The standard InChI is InChI=1S/C15H23NO4/c1-11(2)10-12(15(17)18)16-8-9-20-14-7-5-4-6-13(14)19-3/h4-7,11-12,16H,8-10H2,1-3H3,(H,17,18). The summed E-state index contributed by atoms with van der Waals surface area (Å²) in [5.74, 6) is 0.840. The second-order valence-corrected chi connectivity index (χ2v) is 4.97. The molecule has 1 atom stereocenters. The number of carbonyl (C=O) groups is 1. The maximum absolute atomic E-state index is 11.1. The van der Waals surface area contributed by atoms with Crippen LogP contribution in [0.1, 0.15) is 20.3 Å². The molecule has 0 aliphatic carbocycles. The van der Waals surface area contributed by atoms with Crippen molar-refractivity contribution < 1.29 is 19.4 Å². The van der Waals surface area contributed by atoms with Gasteiger partial charge in [-0.25, -0.2) is 0 Å². The first-order valence-electron chi connectivity index (χ1n) is 6.76. The summed E-state index contributed by atoms with van der Waals surface area (Å²) in [6.45, 7) is 4.87. The monoisotopic (exact) mass is 281 g/mol. The molecule has 0 heterocycles. The van der Waals surface area contributed by atoms with E-state index < -0.39 is 12.0 Å². The van der Waals surface area contributed by atoms with Crippen LogP contribution in [-0.2, 0) is 4.79 Å². The van der Waals surface area contributed by atoms with Crippen molar-refractivity contribution in [1.29, 1.82) is 0 Å². The first-order chi connectivity index (χ1) is 9.54. The Labute approximate surface area is 119 Å². The van der Waals surface area contributed by atoms with Crippen LogP contribution >= 0.6 is 0 Å². The van der Waals surface area contributed by atoms with Crippen molar-refractivity contribution in [3.8, 4) is 11.5 Å². The van der Waals surface area contributed by atoms with Crippen LogP contribution in [0.3, 0.4) is 0 Å². The van der Waals surface area contributed by atoms with Gasteiger partial charge in [0.15, 0.2) is 11.5 Å². The number of rotatable bonds is 9. The van der Waals surface area contributed by atoms with Crippen LogP contribution in [0.2, 0.25) is 0 Å². The molecule has 0 saturated heterocycles. The number of para-hydroxylation sites is 2. The predicted octanol–water partition coefficient (Wildman–Crippen LogP) is 2.16. The van der Waals surface area contributed by atoms with Crippen molar-refractivity contribution in [1.82, 2.24) is 5.32 Å². The molecule has 5 nitrogen and oxygen atoms in total. The summed E-state index contributed by atoms with van der Waals surface area (Å²) in [6.07, 6.45) is 0.601. The zero-order valence-electron chi connectivity index (χ0n) is 12.3. The Morgan fingerprint density at radius 3 is 2.50 bits per heavy atom. The first kappa shape index (κ1) is 16.3. The summed E-state index contributed by atoms with van der Waals surface area (Å²) in [5.41, 5.74) is 0. The Bertz CT molecular complexity index is 420. The molecule has 0 aliphatic rings. The molecular formula is C15H23NO4. The molecule has 0 amide bonds. The Balaban J connectivity index is 2.38. The summed E-state index contributed by atoms with van der Waals surface area (Å²) in [5, 5.41) is 12.1. The number of aliphatic carboxylic acids is 1. The summed E-state index contributed by atoms with van der Waals surface area (Å²) < 4.78 is 10.8. The van der Waals surface area contributed by atoms with E-state index in [4.69, 9.17) is 14.6 Å². The van der Waals surface area contributed by atoms with E-state index in [9.17, 15) is 4.79 Å². The van der Waals surface area contributed by atoms with Gasteiger partial charge in [-0.15, -0.1) is 0 Å². The average molecular weight is 281 g/mol. The van der Waals surface area contributed by atoms with Crippen molar-refractivity contribution in [3.05, 3.63) is 24.3 Å². The molecule has 1 aromatic rings. The van der Waals surface area contributed by atoms with Crippen LogP contribution in [0.5, 0.6) is 11.5 Å². The van der Waals surface area contributed by atoms with Crippen LogP contribution in [0, 0.1) is 5.92 Å². The number of carboxylic acid groups (broad SMARTS) is 1. The quantitative estimate of drug-likeness (QED) is 0.679. The van der Waals surface area contributed by atoms with Crippen molar-refractivity contribution in [2.75, 3.05) is 20.3 Å². The zero-order chi connectivity index (χ0) is 15.0. The highest BCUT2D eigenvalue weighted by molar-refractivity contribution is 5.73. The van der Waals surface area contributed by atoms with Crippen LogP contribution < -0.4 is 14.8 Å². The number of benzene rings is 1. The third-order valence-corrected chi connectivity index (χ3v) is 2.82. The highest BCUT2D eigenvalue weighted by Gasteiger charge is 2.17. The summed E-state index contributed by atoms with van der Waals surface area (Å²) >= 11 is 0. The van der Waals surface area contributed by atoms with Gasteiger partial charge in [0.05, 0.1) is 7.11 Å². The highest BCUT2D eigenvalue weighted by Crippen LogP contribution is 2.25. The minimum absolute atomic E-state index is 0.332. The molecule has 1 aromatic carbocycles. The van der Waals surface area contributed by atoms with Gasteiger partial charge in [-0.2, -0.15) is 0 Å². The van der Waals surface area contributed by atoms with Gasteiger partial charge in [0.25, 0.3) is 0 Å². The van der Waals surface area contributed by atoms with E-state index >= 15 is 0 Å². The topological polar surface area (TPSA) is 67.8 Å². The van der Waals surface area contributed by atoms with Gasteiger partial charge in [0.1, 0.15) is 12.6 Å². The lowest BCUT2D eigenvalue weighted by Gasteiger charge is -2.17. The van der Waals surface area contributed by atoms with Gasteiger partial charge in [0.2, 0.25) is 0 Å². The highest BCUT2D eigenvalue weighted by atomic mass is 16.5. The van der Waals surface area contributed by atoms with E-state index in [1.165, 1.54) is 0 Å². The Morgan fingerprint density at radius 2 is 1.95 bits per heavy atom. The molecule has 0 fully saturated rings. The Morgan fingerprint density at radius 1 is 1.30 bits per heavy atom. The average Bonchev–Trinajstić information content (AvgIpc) is 2.42. The predicted molar refractivity (Wildman–Crippen MR) is 77.4 cm³/mol. The van der Waals surface area contributed by atoms with Gasteiger partial charge < -0.3 is 19.9 Å². The van der Waals surface area contributed by atoms with Gasteiger partial charge in [-0.3, -0.25) is 4.79 Å². The lowest BCUT2D eigenvalue weighted by Crippen LogP contribution is -2.39. The molecule has 0 spiro atoms. The molecule has 20 heavy (non-hydrogen) atoms. The molecule has 0 saturated carbocycles. The minimum Gasteiger partial charge on any atom is -0.493 e. The number of carboxylic acids is 1. The van der Waals surface area contributed by atoms with Gasteiger partial charge in [-0.05, 0) is 24.5 Å². The minimum atomic E-state index is -0.823. The third kappa shape index (κ3) is 5.48. The van der Waals surface area contributed by atoms with E-state index in [1.54, 1.807) is 7.11 Å². The summed E-state index contributed by atoms with van der Waals surface area (Å²) in [6, 6.07) is 6.84. The molecule has 1 rings (SSSR count). The normalized spacial score (nSPS) is 12.2. The molecular weight excluding hydrogens is 258 g/mol. The molecule has 0 aromatic heterocycles. The Kier molecular flexibility index (Phi) is 6.87. The van der Waals surface area contributed by atoms with Crippen LogP contribution in [0.25, 0.3) is 0 Å². The molecule has 5 heteroatoms. The zero-order valence-corrected chi connectivity index (χ0v) is 12.3. The summed E-state index contributed by atoms with van der Waals surface area (Å²) in [7, 11) is 1.59. The fourth-order valence-electron chi connectivity index (χ4n) is 1.88. The van der Waals surface area contributed by atoms with E-state index in [0.29, 0.717) is 37.0 Å². The summed E-state index contributed by atoms with van der Waals surface area (Å²) in [4.78, 5) is 11.1. The van der Waals surface area contributed by atoms with Gasteiger partial charge >= 0.3 is 5.97 Å². The van der Waals surface area contributed by atoms with Crippen molar-refractivity contribution in [2.24, 2.45) is 5.92 Å². The fraction of sp³-hybridized carbons (Fsp3) is 0.533. The molecule has 0 aliphatic heterocycles. The van der Waals surface area contributed by atoms with Crippen LogP contribution in [0.4, 0.5) is 0 Å². The van der Waals surface area contributed by atoms with E-state index in [-0.39, 0.29) is 0 Å².